The van der Waals surface area contributed by atoms with Gasteiger partial charge < -0.3 is 13.3 Å². The summed E-state index contributed by atoms with van der Waals surface area (Å²) in [5, 5.41) is 4.82. The minimum absolute atomic E-state index is 0.291. The van der Waals surface area contributed by atoms with Crippen LogP contribution < -0.4 is 13.7 Å². The van der Waals surface area contributed by atoms with Crippen molar-refractivity contribution in [3.05, 3.63) is 252 Å². The van der Waals surface area contributed by atoms with Crippen molar-refractivity contribution >= 4 is 66.2 Å². The second-order valence-electron chi connectivity index (χ2n) is 21.9. The molecule has 85 heavy (non-hydrogen) atoms. The highest BCUT2D eigenvalue weighted by atomic mass is 16.3. The van der Waals surface area contributed by atoms with E-state index in [-0.39, 0.29) is 0 Å². The molecular weight excluding hydrogens is 1040 g/mol. The van der Waals surface area contributed by atoms with Crippen molar-refractivity contribution < 1.29 is 35.2 Å². The molecule has 9 heterocycles. The van der Waals surface area contributed by atoms with Gasteiger partial charge in [-0.2, -0.15) is 0 Å². The van der Waals surface area contributed by atoms with Gasteiger partial charge in [0.05, 0.1) is 16.7 Å². The van der Waals surface area contributed by atoms with Crippen molar-refractivity contribution in [2.24, 2.45) is 21.1 Å². The maximum Gasteiger partial charge on any atom is 0.227 e. The molecule has 15 rings (SSSR count). The molecule has 0 spiro atoms. The third-order valence-corrected chi connectivity index (χ3v) is 16.1. The molecule has 0 aliphatic carbocycles. The minimum atomic E-state index is -2.26. The van der Waals surface area contributed by atoms with Crippen molar-refractivity contribution in [3.63, 3.8) is 0 Å². The quantitative estimate of drug-likeness (QED) is 0.154. The average Bonchev–Trinajstić information content (AvgIpc) is 1.66. The SMILES string of the molecule is Cc1ccc2c(n1)oc1c(-c3ccc(-c4ccccc4)c[n+]3C)c(C)ccc12.[2H]C([2H])([2H])c1cc(C)c(-c2cc(C)c(-c3ccccc3)c[n+]2C)c2oc3ncccc3c12.[2H]C([2H])([2H])c1cc(C)c(-c2ccc(-c3ccccc3)c[n+]2C)c2oc3ncccc3c12. The van der Waals surface area contributed by atoms with Gasteiger partial charge in [0.25, 0.3) is 0 Å². The molecule has 9 nitrogen and oxygen atoms in total. The van der Waals surface area contributed by atoms with E-state index in [9.17, 15) is 0 Å². The van der Waals surface area contributed by atoms with Crippen molar-refractivity contribution in [1.82, 2.24) is 15.0 Å². The van der Waals surface area contributed by atoms with Crippen LogP contribution in [0.3, 0.4) is 0 Å². The molecular formula is C76H65N6O3+3. The Labute approximate surface area is 502 Å². The smallest absolute Gasteiger partial charge is 0.227 e. The van der Waals surface area contributed by atoms with E-state index < -0.39 is 13.7 Å². The highest BCUT2D eigenvalue weighted by molar-refractivity contribution is 6.12. The Bertz CT molecular complexity index is 5310. The Morgan fingerprint density at radius 2 is 0.824 bits per heavy atom. The summed E-state index contributed by atoms with van der Waals surface area (Å²) in [7, 11) is 6.09. The van der Waals surface area contributed by atoms with Crippen LogP contribution in [0.5, 0.6) is 0 Å². The van der Waals surface area contributed by atoms with Gasteiger partial charge in [-0.05, 0) is 147 Å². The van der Waals surface area contributed by atoms with Crippen molar-refractivity contribution in [2.45, 2.75) is 48.3 Å². The lowest BCUT2D eigenvalue weighted by Crippen LogP contribution is -2.31. The largest absolute Gasteiger partial charge is 0.437 e. The predicted molar refractivity (Wildman–Crippen MR) is 344 cm³/mol. The monoisotopic (exact) mass is 1120 g/mol. The van der Waals surface area contributed by atoms with Crippen molar-refractivity contribution in [3.8, 4) is 67.2 Å². The van der Waals surface area contributed by atoms with E-state index in [2.05, 4.69) is 165 Å². The normalized spacial score (nSPS) is 12.8. The molecule has 414 valence electrons. The number of pyridine rings is 6. The van der Waals surface area contributed by atoms with Gasteiger partial charge in [0.15, 0.2) is 35.3 Å². The zero-order valence-corrected chi connectivity index (χ0v) is 48.6. The minimum Gasteiger partial charge on any atom is -0.437 e. The van der Waals surface area contributed by atoms with E-state index in [4.69, 9.17) is 21.5 Å². The Balaban J connectivity index is 0.000000125. The summed E-state index contributed by atoms with van der Waals surface area (Å²) in [5.74, 6) is 0. The number of furan rings is 3. The predicted octanol–water partition coefficient (Wildman–Crippen LogP) is 17.6. The zero-order valence-electron chi connectivity index (χ0n) is 54.6. The van der Waals surface area contributed by atoms with Crippen LogP contribution in [0.15, 0.2) is 226 Å². The Kier molecular flexibility index (Phi) is 12.2. The zero-order chi connectivity index (χ0) is 63.6. The number of aromatic nitrogens is 6. The summed E-state index contributed by atoms with van der Waals surface area (Å²) in [4.78, 5) is 13.2. The van der Waals surface area contributed by atoms with Crippen LogP contribution in [0.4, 0.5) is 0 Å². The number of nitrogens with zero attached hydrogens (tertiary/aromatic N) is 6. The highest BCUT2D eigenvalue weighted by Crippen LogP contribution is 2.42. The summed E-state index contributed by atoms with van der Waals surface area (Å²) >= 11 is 0. The van der Waals surface area contributed by atoms with Crippen LogP contribution in [0.25, 0.3) is 133 Å². The lowest BCUT2D eigenvalue weighted by Gasteiger charge is -2.11. The lowest BCUT2D eigenvalue weighted by molar-refractivity contribution is -0.660. The maximum atomic E-state index is 8.11. The fourth-order valence-corrected chi connectivity index (χ4v) is 12.0. The molecule has 6 aromatic carbocycles. The standard InChI is InChI=1S/C26H23N2O.2C25H21N2O/c1-16-14-22(28(4)15-21(16)19-9-6-5-7-10-19)24-18(3)13-17(2)23-20-11-8-12-27-26(20)29-25(23)24;1-16-14-17(2)23(24-22(16)20-10-7-13-26-25(20)28-24)21-12-11-19(15-27(21)3)18-8-5-4-6-9-18;1-16-9-12-20-21-13-10-17(2)26-25(21)28-24(20)23(16)22-14-11-19(15-27(22)3)18-7-5-4-6-8-18/h5-15H,1-4H3;2*4-15H,1-3H3/q3*+1/i2D3;1D3;. The van der Waals surface area contributed by atoms with Crippen LogP contribution in [0.1, 0.15) is 47.3 Å². The summed E-state index contributed by atoms with van der Waals surface area (Å²) < 4.78 is 73.4. The molecule has 0 radical (unpaired) electrons. The molecule has 0 atom stereocenters. The van der Waals surface area contributed by atoms with E-state index in [0.29, 0.717) is 55.6 Å². The van der Waals surface area contributed by atoms with E-state index in [0.717, 1.165) is 100 Å². The Morgan fingerprint density at radius 1 is 0.353 bits per heavy atom. The molecule has 0 fully saturated rings. The van der Waals surface area contributed by atoms with Crippen molar-refractivity contribution in [1.29, 1.82) is 0 Å². The van der Waals surface area contributed by atoms with Gasteiger partial charge >= 0.3 is 0 Å². The van der Waals surface area contributed by atoms with E-state index in [1.54, 1.807) is 36.7 Å². The second kappa shape index (κ2) is 22.1. The third-order valence-electron chi connectivity index (χ3n) is 16.1. The van der Waals surface area contributed by atoms with Gasteiger partial charge in [-0.3, -0.25) is 0 Å². The second-order valence-corrected chi connectivity index (χ2v) is 21.9. The highest BCUT2D eigenvalue weighted by Gasteiger charge is 2.26. The maximum absolute atomic E-state index is 8.11. The first-order chi connectivity index (χ1) is 43.7. The van der Waals surface area contributed by atoms with Crippen molar-refractivity contribution in [2.75, 3.05) is 0 Å². The average molecular weight is 1120 g/mol. The molecule has 0 aliphatic rings. The van der Waals surface area contributed by atoms with E-state index in [1.807, 2.05) is 95.5 Å². The topological polar surface area (TPSA) is 89.7 Å². The summed E-state index contributed by atoms with van der Waals surface area (Å²) in [6, 6.07) is 60.8. The van der Waals surface area contributed by atoms with Crippen LogP contribution in [0.2, 0.25) is 0 Å². The molecule has 9 aromatic heterocycles. The summed E-state index contributed by atoms with van der Waals surface area (Å²) in [5.41, 5.74) is 22.0. The molecule has 0 N–H and O–H groups in total. The number of rotatable bonds is 6. The molecule has 9 heteroatoms. The molecule has 0 amide bonds. The van der Waals surface area contributed by atoms with Crippen LogP contribution in [0, 0.1) is 48.3 Å². The lowest BCUT2D eigenvalue weighted by atomic mass is 9.95. The number of benzene rings is 6. The number of fused-ring (bicyclic) bond motifs is 9. The number of aryl methyl sites for hydroxylation is 10. The van der Waals surface area contributed by atoms with E-state index >= 15 is 0 Å². The molecule has 0 bridgehead atoms. The van der Waals surface area contributed by atoms with Gasteiger partial charge in [-0.1, -0.05) is 115 Å². The Morgan fingerprint density at radius 3 is 1.34 bits per heavy atom. The van der Waals surface area contributed by atoms with Crippen LogP contribution >= 0.6 is 0 Å². The molecule has 0 saturated carbocycles. The molecule has 0 aliphatic heterocycles. The van der Waals surface area contributed by atoms with Crippen LogP contribution in [-0.2, 0) is 21.1 Å². The Hall–Kier alpha value is -10.4. The van der Waals surface area contributed by atoms with Gasteiger partial charge in [0.1, 0.15) is 21.1 Å². The van der Waals surface area contributed by atoms with Gasteiger partial charge in [0, 0.05) is 93.5 Å². The summed E-state index contributed by atoms with van der Waals surface area (Å²) in [6.45, 7) is 5.56. The molecule has 15 aromatic rings. The first-order valence-electron chi connectivity index (χ1n) is 31.3. The van der Waals surface area contributed by atoms with E-state index in [1.165, 1.54) is 16.7 Å². The first-order valence-corrected chi connectivity index (χ1v) is 28.3. The van der Waals surface area contributed by atoms with Gasteiger partial charge in [0.2, 0.25) is 34.2 Å². The first kappa shape index (κ1) is 47.1. The van der Waals surface area contributed by atoms with Crippen LogP contribution in [-0.4, -0.2) is 15.0 Å². The number of hydrogen-bond acceptors (Lipinski definition) is 6. The third kappa shape index (κ3) is 9.87. The molecule has 0 saturated heterocycles. The fraction of sp³-hybridized carbons (Fsp3) is 0.132. The fourth-order valence-electron chi connectivity index (χ4n) is 12.0. The molecule has 0 unspecified atom stereocenters. The van der Waals surface area contributed by atoms with Gasteiger partial charge in [-0.15, -0.1) is 0 Å². The number of hydrogen-bond donors (Lipinski definition) is 0. The van der Waals surface area contributed by atoms with Gasteiger partial charge in [-0.25, -0.2) is 28.7 Å². The summed E-state index contributed by atoms with van der Waals surface area (Å²) in [6.07, 6.45) is 9.68.